The van der Waals surface area contributed by atoms with E-state index in [0.29, 0.717) is 18.1 Å². The number of carbonyl (C=O) groups is 1. The molecule has 0 atom stereocenters. The van der Waals surface area contributed by atoms with Crippen LogP contribution in [0.2, 0.25) is 0 Å². The predicted molar refractivity (Wildman–Crippen MR) is 99.3 cm³/mol. The summed E-state index contributed by atoms with van der Waals surface area (Å²) in [5.41, 5.74) is 1.70. The van der Waals surface area contributed by atoms with E-state index in [1.807, 2.05) is 48.5 Å². The van der Waals surface area contributed by atoms with Gasteiger partial charge in [-0.3, -0.25) is 4.79 Å². The number of tetrazole rings is 1. The number of amides is 1. The molecular formula is C19H21N5O3. The smallest absolute Gasteiger partial charge is 0.246 e. The van der Waals surface area contributed by atoms with Crippen molar-refractivity contribution < 1.29 is 14.3 Å². The maximum atomic E-state index is 12.5. The molecule has 0 N–H and O–H groups in total. The Morgan fingerprint density at radius 3 is 2.70 bits per heavy atom. The fraction of sp³-hybridized carbons (Fsp3) is 0.263. The van der Waals surface area contributed by atoms with Crippen molar-refractivity contribution in [2.45, 2.75) is 13.1 Å². The van der Waals surface area contributed by atoms with Gasteiger partial charge < -0.3 is 14.4 Å². The maximum Gasteiger partial charge on any atom is 0.246 e. The molecule has 0 saturated carbocycles. The fourth-order valence-corrected chi connectivity index (χ4v) is 2.61. The Labute approximate surface area is 157 Å². The van der Waals surface area contributed by atoms with E-state index < -0.39 is 0 Å². The van der Waals surface area contributed by atoms with Crippen LogP contribution in [0, 0.1) is 0 Å². The van der Waals surface area contributed by atoms with E-state index >= 15 is 0 Å². The van der Waals surface area contributed by atoms with Crippen LogP contribution < -0.4 is 9.47 Å². The molecule has 140 valence electrons. The summed E-state index contributed by atoms with van der Waals surface area (Å²) in [6.45, 7) is 0.433. The SMILES string of the molecule is COc1cccc(-c2nnn(CC(=O)N(C)Cc3ccccc3OC)n2)c1. The van der Waals surface area contributed by atoms with Gasteiger partial charge in [-0.1, -0.05) is 30.3 Å². The number of hydrogen-bond acceptors (Lipinski definition) is 6. The van der Waals surface area contributed by atoms with Gasteiger partial charge in [0.2, 0.25) is 11.7 Å². The first-order valence-corrected chi connectivity index (χ1v) is 8.39. The van der Waals surface area contributed by atoms with Crippen LogP contribution in [-0.2, 0) is 17.9 Å². The summed E-state index contributed by atoms with van der Waals surface area (Å²) in [5, 5.41) is 12.3. The van der Waals surface area contributed by atoms with E-state index in [9.17, 15) is 4.79 Å². The molecule has 0 unspecified atom stereocenters. The topological polar surface area (TPSA) is 82.4 Å². The molecule has 0 radical (unpaired) electrons. The zero-order chi connectivity index (χ0) is 19.2. The molecular weight excluding hydrogens is 346 g/mol. The second-order valence-corrected chi connectivity index (χ2v) is 5.94. The average Bonchev–Trinajstić information content (AvgIpc) is 3.17. The number of methoxy groups -OCH3 is 2. The lowest BCUT2D eigenvalue weighted by atomic mass is 10.2. The number of likely N-dealkylation sites (N-methyl/N-ethyl adjacent to an activating group) is 1. The lowest BCUT2D eigenvalue weighted by Crippen LogP contribution is -2.30. The van der Waals surface area contributed by atoms with Gasteiger partial charge in [0, 0.05) is 24.7 Å². The number of nitrogens with zero attached hydrogens (tertiary/aromatic N) is 5. The highest BCUT2D eigenvalue weighted by atomic mass is 16.5. The van der Waals surface area contributed by atoms with Gasteiger partial charge >= 0.3 is 0 Å². The number of hydrogen-bond donors (Lipinski definition) is 0. The van der Waals surface area contributed by atoms with E-state index in [4.69, 9.17) is 9.47 Å². The molecule has 3 aromatic rings. The summed E-state index contributed by atoms with van der Waals surface area (Å²) in [5.74, 6) is 1.76. The van der Waals surface area contributed by atoms with Crippen LogP contribution in [0.4, 0.5) is 0 Å². The van der Waals surface area contributed by atoms with Crippen LogP contribution in [0.3, 0.4) is 0 Å². The van der Waals surface area contributed by atoms with Crippen molar-refractivity contribution in [1.82, 2.24) is 25.1 Å². The van der Waals surface area contributed by atoms with Gasteiger partial charge in [0.25, 0.3) is 0 Å². The van der Waals surface area contributed by atoms with Gasteiger partial charge in [0.15, 0.2) is 0 Å². The third kappa shape index (κ3) is 4.41. The number of para-hydroxylation sites is 1. The van der Waals surface area contributed by atoms with Gasteiger partial charge in [-0.15, -0.1) is 10.2 Å². The predicted octanol–water partition coefficient (Wildman–Crippen LogP) is 2.02. The lowest BCUT2D eigenvalue weighted by molar-refractivity contribution is -0.131. The van der Waals surface area contributed by atoms with Crippen LogP contribution in [0.25, 0.3) is 11.4 Å². The molecule has 0 aliphatic carbocycles. The van der Waals surface area contributed by atoms with Crippen molar-refractivity contribution >= 4 is 5.91 Å². The first-order chi connectivity index (χ1) is 13.1. The zero-order valence-corrected chi connectivity index (χ0v) is 15.5. The quantitative estimate of drug-likeness (QED) is 0.635. The van der Waals surface area contributed by atoms with Crippen LogP contribution in [-0.4, -0.2) is 52.3 Å². The van der Waals surface area contributed by atoms with Gasteiger partial charge in [-0.25, -0.2) is 0 Å². The summed E-state index contributed by atoms with van der Waals surface area (Å²) in [4.78, 5) is 15.4. The van der Waals surface area contributed by atoms with Crippen molar-refractivity contribution in [3.05, 3.63) is 54.1 Å². The van der Waals surface area contributed by atoms with E-state index in [1.54, 1.807) is 26.2 Å². The van der Waals surface area contributed by atoms with Crippen LogP contribution in [0.1, 0.15) is 5.56 Å². The first-order valence-electron chi connectivity index (χ1n) is 8.39. The van der Waals surface area contributed by atoms with Crippen LogP contribution in [0.15, 0.2) is 48.5 Å². The van der Waals surface area contributed by atoms with Crippen LogP contribution >= 0.6 is 0 Å². The number of benzene rings is 2. The Balaban J connectivity index is 1.66. The monoisotopic (exact) mass is 367 g/mol. The number of ether oxygens (including phenoxy) is 2. The normalized spacial score (nSPS) is 10.5. The highest BCUT2D eigenvalue weighted by Crippen LogP contribution is 2.20. The standard InChI is InChI=1S/C19H21N5O3/c1-23(12-15-7-4-5-10-17(15)27-3)18(25)13-24-21-19(20-22-24)14-8-6-9-16(11-14)26-2/h4-11H,12-13H2,1-3H3. The Morgan fingerprint density at radius 2 is 1.93 bits per heavy atom. The van der Waals surface area contributed by atoms with E-state index in [1.165, 1.54) is 4.80 Å². The minimum atomic E-state index is -0.129. The van der Waals surface area contributed by atoms with Gasteiger partial charge in [-0.05, 0) is 23.4 Å². The number of rotatable bonds is 7. The molecule has 1 heterocycles. The molecule has 0 aliphatic rings. The molecule has 0 fully saturated rings. The summed E-state index contributed by atoms with van der Waals surface area (Å²) in [6.07, 6.45) is 0. The Morgan fingerprint density at radius 1 is 1.11 bits per heavy atom. The van der Waals surface area contributed by atoms with Crippen molar-refractivity contribution in [3.8, 4) is 22.9 Å². The minimum absolute atomic E-state index is 0.00260. The Hall–Kier alpha value is -3.42. The highest BCUT2D eigenvalue weighted by molar-refractivity contribution is 5.75. The first kappa shape index (κ1) is 18.4. The lowest BCUT2D eigenvalue weighted by Gasteiger charge is -2.18. The fourth-order valence-electron chi connectivity index (χ4n) is 2.61. The second-order valence-electron chi connectivity index (χ2n) is 5.94. The minimum Gasteiger partial charge on any atom is -0.497 e. The highest BCUT2D eigenvalue weighted by Gasteiger charge is 2.15. The maximum absolute atomic E-state index is 12.5. The molecule has 0 bridgehead atoms. The molecule has 2 aromatic carbocycles. The largest absolute Gasteiger partial charge is 0.497 e. The van der Waals surface area contributed by atoms with Gasteiger partial charge in [0.05, 0.1) is 14.2 Å². The van der Waals surface area contributed by atoms with Crippen molar-refractivity contribution in [2.24, 2.45) is 0 Å². The molecule has 1 aromatic heterocycles. The third-order valence-corrected chi connectivity index (χ3v) is 4.08. The summed E-state index contributed by atoms with van der Waals surface area (Å²) in [7, 11) is 4.94. The van der Waals surface area contributed by atoms with Crippen molar-refractivity contribution in [2.75, 3.05) is 21.3 Å². The molecule has 8 nitrogen and oxygen atoms in total. The summed E-state index contributed by atoms with van der Waals surface area (Å²) in [6, 6.07) is 15.0. The summed E-state index contributed by atoms with van der Waals surface area (Å²) >= 11 is 0. The number of carbonyl (C=O) groups excluding carboxylic acids is 1. The zero-order valence-electron chi connectivity index (χ0n) is 15.5. The Bertz CT molecular complexity index is 925. The van der Waals surface area contributed by atoms with Gasteiger partial charge in [0.1, 0.15) is 18.0 Å². The number of aromatic nitrogens is 4. The summed E-state index contributed by atoms with van der Waals surface area (Å²) < 4.78 is 10.5. The van der Waals surface area contributed by atoms with Crippen molar-refractivity contribution in [1.29, 1.82) is 0 Å². The van der Waals surface area contributed by atoms with E-state index in [-0.39, 0.29) is 12.5 Å². The average molecular weight is 367 g/mol. The second kappa shape index (κ2) is 8.31. The third-order valence-electron chi connectivity index (χ3n) is 4.08. The molecule has 0 saturated heterocycles. The van der Waals surface area contributed by atoms with Crippen molar-refractivity contribution in [3.63, 3.8) is 0 Å². The van der Waals surface area contributed by atoms with E-state index in [2.05, 4.69) is 15.4 Å². The molecule has 27 heavy (non-hydrogen) atoms. The molecule has 3 rings (SSSR count). The van der Waals surface area contributed by atoms with E-state index in [0.717, 1.165) is 16.9 Å². The molecule has 0 aliphatic heterocycles. The molecule has 8 heteroatoms. The van der Waals surface area contributed by atoms with Crippen LogP contribution in [0.5, 0.6) is 11.5 Å². The molecule has 1 amide bonds. The Kier molecular flexibility index (Phi) is 5.65. The molecule has 0 spiro atoms. The van der Waals surface area contributed by atoms with Gasteiger partial charge in [-0.2, -0.15) is 4.80 Å².